The lowest BCUT2D eigenvalue weighted by molar-refractivity contribution is 0.0958. The molecule has 0 spiro atoms. The van der Waals surface area contributed by atoms with Crippen LogP contribution in [0.2, 0.25) is 0 Å². The molecule has 2 heterocycles. The highest BCUT2D eigenvalue weighted by molar-refractivity contribution is 5.92. The number of hydrogen-bond acceptors (Lipinski definition) is 4. The standard InChI is InChI=1S/C11H10N4O2/c1-12-11(17)8-6-9(16)15-10(14-8)7-4-2-3-5-13-7/h2-6H,1H3,(H,12,17)(H,14,15,16). The van der Waals surface area contributed by atoms with Crippen LogP contribution in [0.15, 0.2) is 35.3 Å². The van der Waals surface area contributed by atoms with Crippen molar-refractivity contribution in [2.45, 2.75) is 0 Å². The number of nitrogens with one attached hydrogen (secondary N) is 2. The van der Waals surface area contributed by atoms with Gasteiger partial charge in [-0.05, 0) is 12.1 Å². The van der Waals surface area contributed by atoms with Crippen molar-refractivity contribution in [1.29, 1.82) is 0 Å². The van der Waals surface area contributed by atoms with E-state index in [0.29, 0.717) is 5.69 Å². The smallest absolute Gasteiger partial charge is 0.269 e. The fourth-order valence-electron chi connectivity index (χ4n) is 1.33. The summed E-state index contributed by atoms with van der Waals surface area (Å²) in [7, 11) is 1.48. The molecule has 6 heteroatoms. The molecule has 1 amide bonds. The molecule has 2 N–H and O–H groups in total. The average Bonchev–Trinajstić information content (AvgIpc) is 2.38. The molecule has 2 rings (SSSR count). The number of amides is 1. The molecule has 17 heavy (non-hydrogen) atoms. The van der Waals surface area contributed by atoms with E-state index in [1.807, 2.05) is 0 Å². The van der Waals surface area contributed by atoms with Crippen LogP contribution in [0.5, 0.6) is 0 Å². The van der Waals surface area contributed by atoms with Crippen LogP contribution in [-0.4, -0.2) is 27.9 Å². The molecule has 2 aromatic rings. The number of pyridine rings is 1. The maximum Gasteiger partial charge on any atom is 0.269 e. The molecule has 86 valence electrons. The lowest BCUT2D eigenvalue weighted by atomic mass is 10.3. The van der Waals surface area contributed by atoms with Crippen molar-refractivity contribution >= 4 is 5.91 Å². The zero-order valence-electron chi connectivity index (χ0n) is 9.10. The SMILES string of the molecule is CNC(=O)c1cc(=O)[nH]c(-c2ccccn2)n1. The number of H-pyrrole nitrogens is 1. The molecular formula is C11H10N4O2. The van der Waals surface area contributed by atoms with Crippen LogP contribution in [0.1, 0.15) is 10.5 Å². The Hall–Kier alpha value is -2.50. The highest BCUT2D eigenvalue weighted by Crippen LogP contribution is 2.08. The molecular weight excluding hydrogens is 220 g/mol. The molecule has 0 aliphatic carbocycles. The van der Waals surface area contributed by atoms with Gasteiger partial charge in [-0.15, -0.1) is 0 Å². The summed E-state index contributed by atoms with van der Waals surface area (Å²) < 4.78 is 0. The van der Waals surface area contributed by atoms with E-state index in [1.54, 1.807) is 24.4 Å². The first-order chi connectivity index (χ1) is 8.20. The van der Waals surface area contributed by atoms with E-state index in [-0.39, 0.29) is 17.1 Å². The van der Waals surface area contributed by atoms with E-state index in [0.717, 1.165) is 6.07 Å². The van der Waals surface area contributed by atoms with Gasteiger partial charge < -0.3 is 10.3 Å². The maximum atomic E-state index is 11.4. The lowest BCUT2D eigenvalue weighted by Crippen LogP contribution is -2.23. The number of nitrogens with zero attached hydrogens (tertiary/aromatic N) is 2. The van der Waals surface area contributed by atoms with E-state index < -0.39 is 5.91 Å². The van der Waals surface area contributed by atoms with Gasteiger partial charge in [-0.25, -0.2) is 4.98 Å². The van der Waals surface area contributed by atoms with Crippen LogP contribution >= 0.6 is 0 Å². The van der Waals surface area contributed by atoms with Gasteiger partial charge in [0.05, 0.1) is 0 Å². The zero-order valence-corrected chi connectivity index (χ0v) is 9.10. The minimum absolute atomic E-state index is 0.0666. The van der Waals surface area contributed by atoms with Gasteiger partial charge in [0.25, 0.3) is 11.5 Å². The van der Waals surface area contributed by atoms with Gasteiger partial charge in [-0.1, -0.05) is 6.07 Å². The predicted molar refractivity (Wildman–Crippen MR) is 61.5 cm³/mol. The van der Waals surface area contributed by atoms with Gasteiger partial charge in [-0.2, -0.15) is 0 Å². The summed E-state index contributed by atoms with van der Waals surface area (Å²) in [5.41, 5.74) is 0.187. The van der Waals surface area contributed by atoms with E-state index in [1.165, 1.54) is 7.05 Å². The highest BCUT2D eigenvalue weighted by atomic mass is 16.2. The summed E-state index contributed by atoms with van der Waals surface area (Å²) in [6.07, 6.45) is 1.59. The zero-order chi connectivity index (χ0) is 12.3. The number of hydrogen-bond donors (Lipinski definition) is 2. The molecule has 0 bridgehead atoms. The van der Waals surface area contributed by atoms with Gasteiger partial charge in [0, 0.05) is 19.3 Å². The molecule has 0 atom stereocenters. The van der Waals surface area contributed by atoms with Crippen molar-refractivity contribution in [2.75, 3.05) is 7.05 Å². The molecule has 0 saturated carbocycles. The van der Waals surface area contributed by atoms with Crippen molar-refractivity contribution in [3.05, 3.63) is 46.5 Å². The summed E-state index contributed by atoms with van der Waals surface area (Å²) >= 11 is 0. The van der Waals surface area contributed by atoms with E-state index in [2.05, 4.69) is 20.3 Å². The molecule has 0 radical (unpaired) electrons. The summed E-state index contributed by atoms with van der Waals surface area (Å²) in [5, 5.41) is 2.41. The average molecular weight is 230 g/mol. The first-order valence-electron chi connectivity index (χ1n) is 4.95. The Morgan fingerprint density at radius 3 is 2.88 bits per heavy atom. The maximum absolute atomic E-state index is 11.4. The largest absolute Gasteiger partial charge is 0.354 e. The number of carbonyl (C=O) groups is 1. The van der Waals surface area contributed by atoms with E-state index in [4.69, 9.17) is 0 Å². The van der Waals surface area contributed by atoms with Crippen LogP contribution in [-0.2, 0) is 0 Å². The van der Waals surface area contributed by atoms with E-state index in [9.17, 15) is 9.59 Å². The second-order valence-corrected chi connectivity index (χ2v) is 3.27. The Bertz CT molecular complexity index is 592. The third-order valence-electron chi connectivity index (χ3n) is 2.11. The molecule has 6 nitrogen and oxygen atoms in total. The molecule has 0 aliphatic heterocycles. The number of aromatic amines is 1. The monoisotopic (exact) mass is 230 g/mol. The van der Waals surface area contributed by atoms with Crippen LogP contribution in [0, 0.1) is 0 Å². The van der Waals surface area contributed by atoms with Gasteiger partial charge >= 0.3 is 0 Å². The highest BCUT2D eigenvalue weighted by Gasteiger charge is 2.09. The Kier molecular flexibility index (Phi) is 2.95. The van der Waals surface area contributed by atoms with E-state index >= 15 is 0 Å². The second-order valence-electron chi connectivity index (χ2n) is 3.27. The summed E-state index contributed by atoms with van der Waals surface area (Å²) in [5.74, 6) is -0.134. The predicted octanol–water partition coefficient (Wildman–Crippen LogP) is 0.192. The minimum atomic E-state index is -0.409. The quantitative estimate of drug-likeness (QED) is 0.771. The molecule has 2 aromatic heterocycles. The second kappa shape index (κ2) is 4.56. The summed E-state index contributed by atoms with van der Waals surface area (Å²) in [6.45, 7) is 0. The van der Waals surface area contributed by atoms with Crippen LogP contribution in [0.3, 0.4) is 0 Å². The normalized spacial score (nSPS) is 9.94. The molecule has 0 aromatic carbocycles. The fraction of sp³-hybridized carbons (Fsp3) is 0.0909. The topological polar surface area (TPSA) is 87.7 Å². The van der Waals surface area contributed by atoms with Crippen molar-refractivity contribution in [1.82, 2.24) is 20.3 Å². The first kappa shape index (κ1) is 11.0. The van der Waals surface area contributed by atoms with Gasteiger partial charge in [-0.3, -0.25) is 14.6 Å². The van der Waals surface area contributed by atoms with Crippen molar-refractivity contribution in [3.8, 4) is 11.5 Å². The van der Waals surface area contributed by atoms with Crippen molar-refractivity contribution < 1.29 is 4.79 Å². The Balaban J connectivity index is 2.53. The van der Waals surface area contributed by atoms with Gasteiger partial charge in [0.1, 0.15) is 11.4 Å². The first-order valence-corrected chi connectivity index (χ1v) is 4.95. The number of aromatic nitrogens is 3. The Morgan fingerprint density at radius 1 is 1.41 bits per heavy atom. The van der Waals surface area contributed by atoms with Crippen molar-refractivity contribution in [2.24, 2.45) is 0 Å². The third-order valence-corrected chi connectivity index (χ3v) is 2.11. The number of carbonyl (C=O) groups excluding carboxylic acids is 1. The molecule has 0 fully saturated rings. The summed E-state index contributed by atoms with van der Waals surface area (Å²) in [4.78, 5) is 33.4. The summed E-state index contributed by atoms with van der Waals surface area (Å²) in [6, 6.07) is 6.37. The number of rotatable bonds is 2. The lowest BCUT2D eigenvalue weighted by Gasteiger charge is -2.02. The molecule has 0 saturated heterocycles. The molecule has 0 unspecified atom stereocenters. The van der Waals surface area contributed by atoms with Crippen molar-refractivity contribution in [3.63, 3.8) is 0 Å². The van der Waals surface area contributed by atoms with Gasteiger partial charge in [0.2, 0.25) is 0 Å². The van der Waals surface area contributed by atoms with Crippen LogP contribution in [0.25, 0.3) is 11.5 Å². The van der Waals surface area contributed by atoms with Crippen LogP contribution in [0.4, 0.5) is 0 Å². The Labute approximate surface area is 96.8 Å². The Morgan fingerprint density at radius 2 is 2.24 bits per heavy atom. The van der Waals surface area contributed by atoms with Crippen LogP contribution < -0.4 is 10.9 Å². The fourth-order valence-corrected chi connectivity index (χ4v) is 1.33. The minimum Gasteiger partial charge on any atom is -0.354 e. The third kappa shape index (κ3) is 2.36. The van der Waals surface area contributed by atoms with Gasteiger partial charge in [0.15, 0.2) is 5.82 Å². The molecule has 0 aliphatic rings.